The van der Waals surface area contributed by atoms with Crippen LogP contribution in [0.3, 0.4) is 0 Å². The molecule has 0 aromatic rings. The van der Waals surface area contributed by atoms with Gasteiger partial charge in [0.25, 0.3) is 0 Å². The standard InChI is InChI=1S/C6H14NO8P/c7-3(1-8)6(15-16(12,13)14)5(11)4(10)2-9/h1,3-6,9-11H,2,7H2,(H2,12,13,14)/t3-,4+,5-,6+/m0/s1. The van der Waals surface area contributed by atoms with Gasteiger partial charge in [0.2, 0.25) is 0 Å². The van der Waals surface area contributed by atoms with Crippen LogP contribution in [0.4, 0.5) is 0 Å². The van der Waals surface area contributed by atoms with E-state index in [1.165, 1.54) is 0 Å². The second kappa shape index (κ2) is 6.38. The summed E-state index contributed by atoms with van der Waals surface area (Å²) in [5, 5.41) is 26.9. The van der Waals surface area contributed by atoms with Crippen LogP contribution in [-0.4, -0.2) is 62.4 Å². The molecule has 9 nitrogen and oxygen atoms in total. The van der Waals surface area contributed by atoms with Crippen molar-refractivity contribution < 1.29 is 39.0 Å². The Hall–Kier alpha value is -0.380. The van der Waals surface area contributed by atoms with Crippen molar-refractivity contribution in [3.63, 3.8) is 0 Å². The van der Waals surface area contributed by atoms with Crippen molar-refractivity contribution in [1.82, 2.24) is 0 Å². The van der Waals surface area contributed by atoms with E-state index in [-0.39, 0.29) is 6.29 Å². The molecule has 0 saturated carbocycles. The van der Waals surface area contributed by atoms with E-state index in [1.807, 2.05) is 0 Å². The molecule has 7 N–H and O–H groups in total. The average molecular weight is 259 g/mol. The molecule has 0 fully saturated rings. The Balaban J connectivity index is 4.80. The van der Waals surface area contributed by atoms with Crippen LogP contribution < -0.4 is 5.73 Å². The van der Waals surface area contributed by atoms with Crippen molar-refractivity contribution in [2.45, 2.75) is 24.4 Å². The molecule has 0 aliphatic heterocycles. The molecule has 0 aliphatic carbocycles. The first-order valence-corrected chi connectivity index (χ1v) is 5.67. The molecule has 4 atom stereocenters. The van der Waals surface area contributed by atoms with Crippen molar-refractivity contribution in [3.05, 3.63) is 0 Å². The van der Waals surface area contributed by atoms with E-state index in [0.29, 0.717) is 0 Å². The van der Waals surface area contributed by atoms with Crippen LogP contribution in [0.2, 0.25) is 0 Å². The lowest BCUT2D eigenvalue weighted by Crippen LogP contribution is -2.51. The fraction of sp³-hybridized carbons (Fsp3) is 0.833. The summed E-state index contributed by atoms with van der Waals surface area (Å²) in [6.45, 7) is -0.881. The number of nitrogens with two attached hydrogens (primary N) is 1. The van der Waals surface area contributed by atoms with Crippen LogP contribution in [-0.2, 0) is 13.9 Å². The molecule has 0 spiro atoms. The topological polar surface area (TPSA) is 171 Å². The minimum atomic E-state index is -4.98. The summed E-state index contributed by atoms with van der Waals surface area (Å²) in [7, 11) is -4.98. The maximum atomic E-state index is 10.5. The van der Waals surface area contributed by atoms with Gasteiger partial charge >= 0.3 is 7.82 Å². The number of phosphoric acid groups is 1. The first-order valence-electron chi connectivity index (χ1n) is 4.14. The zero-order valence-electron chi connectivity index (χ0n) is 8.08. The van der Waals surface area contributed by atoms with Crippen molar-refractivity contribution in [2.75, 3.05) is 6.61 Å². The Morgan fingerprint density at radius 3 is 2.19 bits per heavy atom. The van der Waals surface area contributed by atoms with E-state index < -0.39 is 38.8 Å². The number of carbonyl (C=O) groups is 1. The van der Waals surface area contributed by atoms with E-state index in [4.69, 9.17) is 25.7 Å². The first kappa shape index (κ1) is 15.6. The summed E-state index contributed by atoms with van der Waals surface area (Å²) in [6, 6.07) is -1.55. The Kier molecular flexibility index (Phi) is 6.23. The van der Waals surface area contributed by atoms with Crippen LogP contribution in [0, 0.1) is 0 Å². The zero-order valence-corrected chi connectivity index (χ0v) is 8.97. The zero-order chi connectivity index (χ0) is 12.9. The second-order valence-corrected chi connectivity index (χ2v) is 4.21. The van der Waals surface area contributed by atoms with E-state index >= 15 is 0 Å². The normalized spacial score (nSPS) is 19.9. The molecule has 0 aliphatic rings. The Bertz CT molecular complexity index is 267. The Labute approximate surface area is 90.7 Å². The van der Waals surface area contributed by atoms with Gasteiger partial charge in [0.15, 0.2) is 0 Å². The largest absolute Gasteiger partial charge is 0.470 e. The summed E-state index contributed by atoms with van der Waals surface area (Å²) in [5.74, 6) is 0. The number of aldehydes is 1. The maximum absolute atomic E-state index is 10.5. The third-order valence-electron chi connectivity index (χ3n) is 1.71. The number of hydrogen-bond acceptors (Lipinski definition) is 7. The Morgan fingerprint density at radius 1 is 1.38 bits per heavy atom. The summed E-state index contributed by atoms with van der Waals surface area (Å²) >= 11 is 0. The van der Waals surface area contributed by atoms with Crippen LogP contribution in [0.25, 0.3) is 0 Å². The third-order valence-corrected chi connectivity index (χ3v) is 2.23. The lowest BCUT2D eigenvalue weighted by Gasteiger charge is -2.27. The molecule has 0 aromatic heterocycles. The molecular formula is C6H14NO8P. The van der Waals surface area contributed by atoms with E-state index in [1.54, 1.807) is 0 Å². The summed E-state index contributed by atoms with van der Waals surface area (Å²) < 4.78 is 14.6. The molecule has 0 aromatic carbocycles. The van der Waals surface area contributed by atoms with Gasteiger partial charge in [-0.05, 0) is 0 Å². The van der Waals surface area contributed by atoms with Crippen molar-refractivity contribution in [2.24, 2.45) is 5.73 Å². The monoisotopic (exact) mass is 259 g/mol. The maximum Gasteiger partial charge on any atom is 0.470 e. The number of rotatable bonds is 7. The molecule has 0 rings (SSSR count). The van der Waals surface area contributed by atoms with E-state index in [0.717, 1.165) is 0 Å². The molecule has 0 unspecified atom stereocenters. The van der Waals surface area contributed by atoms with E-state index in [9.17, 15) is 14.5 Å². The fourth-order valence-corrected chi connectivity index (χ4v) is 1.51. The van der Waals surface area contributed by atoms with Gasteiger partial charge in [0.05, 0.1) is 12.6 Å². The fourth-order valence-electron chi connectivity index (χ4n) is 0.923. The second-order valence-electron chi connectivity index (χ2n) is 3.01. The van der Waals surface area contributed by atoms with Crippen molar-refractivity contribution in [1.29, 1.82) is 0 Å². The number of phosphoric ester groups is 1. The van der Waals surface area contributed by atoms with Crippen LogP contribution in [0.1, 0.15) is 0 Å². The molecule has 0 saturated heterocycles. The van der Waals surface area contributed by atoms with Crippen LogP contribution >= 0.6 is 7.82 Å². The average Bonchev–Trinajstić information content (AvgIpc) is 2.21. The molecule has 0 heterocycles. The minimum Gasteiger partial charge on any atom is -0.394 e. The van der Waals surface area contributed by atoms with Crippen molar-refractivity contribution >= 4 is 14.1 Å². The third kappa shape index (κ3) is 5.10. The molecule has 0 amide bonds. The van der Waals surface area contributed by atoms with E-state index in [2.05, 4.69) is 4.52 Å². The molecule has 10 heteroatoms. The molecule has 96 valence electrons. The lowest BCUT2D eigenvalue weighted by molar-refractivity contribution is -0.117. The van der Waals surface area contributed by atoms with Gasteiger partial charge in [-0.3, -0.25) is 4.52 Å². The number of aliphatic hydroxyl groups is 3. The molecule has 0 radical (unpaired) electrons. The van der Waals surface area contributed by atoms with Crippen LogP contribution in [0.15, 0.2) is 0 Å². The summed E-state index contributed by atoms with van der Waals surface area (Å²) in [5.41, 5.74) is 5.13. The van der Waals surface area contributed by atoms with Gasteiger partial charge in [-0.25, -0.2) is 4.57 Å². The highest BCUT2D eigenvalue weighted by Crippen LogP contribution is 2.38. The smallest absolute Gasteiger partial charge is 0.394 e. The highest BCUT2D eigenvalue weighted by atomic mass is 31.2. The summed E-state index contributed by atoms with van der Waals surface area (Å²) in [4.78, 5) is 27.3. The van der Waals surface area contributed by atoms with Gasteiger partial charge in [-0.1, -0.05) is 0 Å². The Morgan fingerprint density at radius 2 is 1.88 bits per heavy atom. The van der Waals surface area contributed by atoms with Gasteiger partial charge in [0.1, 0.15) is 24.6 Å². The van der Waals surface area contributed by atoms with Gasteiger partial charge in [-0.2, -0.15) is 0 Å². The SMILES string of the molecule is N[C@@H](C=O)[C@@H](OP(=O)(O)O)[C@@H](O)[C@H](O)CO. The van der Waals surface area contributed by atoms with Gasteiger partial charge in [-0.15, -0.1) is 0 Å². The van der Waals surface area contributed by atoms with Gasteiger partial charge < -0.3 is 35.6 Å². The van der Waals surface area contributed by atoms with Gasteiger partial charge in [0, 0.05) is 0 Å². The predicted molar refractivity (Wildman–Crippen MR) is 50.1 cm³/mol. The summed E-state index contributed by atoms with van der Waals surface area (Å²) in [6.07, 6.45) is -5.37. The first-order chi connectivity index (χ1) is 7.22. The highest BCUT2D eigenvalue weighted by Gasteiger charge is 2.36. The molecular weight excluding hydrogens is 245 g/mol. The quantitative estimate of drug-likeness (QED) is 0.202. The molecule has 16 heavy (non-hydrogen) atoms. The minimum absolute atomic E-state index is 0.0909. The van der Waals surface area contributed by atoms with Crippen molar-refractivity contribution in [3.8, 4) is 0 Å². The highest BCUT2D eigenvalue weighted by molar-refractivity contribution is 7.46. The number of aliphatic hydroxyl groups excluding tert-OH is 3. The predicted octanol–water partition coefficient (Wildman–Crippen LogP) is -3.30. The van der Waals surface area contributed by atoms with Crippen LogP contribution in [0.5, 0.6) is 0 Å². The number of carbonyl (C=O) groups excluding carboxylic acids is 1. The number of hydrogen-bond donors (Lipinski definition) is 6. The lowest BCUT2D eigenvalue weighted by atomic mass is 10.0. The molecule has 0 bridgehead atoms.